The van der Waals surface area contributed by atoms with E-state index in [1.54, 1.807) is 0 Å². The number of carbonyl (C=O) groups excluding carboxylic acids is 1. The average molecular weight is 266 g/mol. The van der Waals surface area contributed by atoms with E-state index in [0.29, 0.717) is 6.61 Å². The van der Waals surface area contributed by atoms with Crippen LogP contribution in [0.15, 0.2) is 59.6 Å². The summed E-state index contributed by atoms with van der Waals surface area (Å²) in [5, 5.41) is 2.57. The zero-order valence-electron chi connectivity index (χ0n) is 10.8. The molecule has 1 aliphatic rings. The van der Waals surface area contributed by atoms with Crippen LogP contribution >= 0.6 is 0 Å². The van der Waals surface area contributed by atoms with Crippen LogP contribution in [0.1, 0.15) is 17.2 Å². The molecule has 1 N–H and O–H groups in total. The largest absolute Gasteiger partial charge is 0.489 e. The zero-order valence-corrected chi connectivity index (χ0v) is 10.8. The Kier molecular flexibility index (Phi) is 3.46. The molecular formula is C16H14N2O2. The Morgan fingerprint density at radius 1 is 1.05 bits per heavy atom. The Morgan fingerprint density at radius 3 is 2.45 bits per heavy atom. The SMILES string of the molecule is O=C1NC=NC1c1ccc(OCc2ccccc2)cc1. The lowest BCUT2D eigenvalue weighted by Gasteiger charge is -2.09. The molecular weight excluding hydrogens is 252 g/mol. The maximum Gasteiger partial charge on any atom is 0.254 e. The molecule has 2 aromatic rings. The fourth-order valence-electron chi connectivity index (χ4n) is 2.05. The summed E-state index contributed by atoms with van der Waals surface area (Å²) in [6.45, 7) is 0.530. The summed E-state index contributed by atoms with van der Waals surface area (Å²) in [5.41, 5.74) is 1.99. The van der Waals surface area contributed by atoms with Crippen molar-refractivity contribution in [3.8, 4) is 5.75 Å². The van der Waals surface area contributed by atoms with Crippen molar-refractivity contribution < 1.29 is 9.53 Å². The molecule has 2 aromatic carbocycles. The molecule has 20 heavy (non-hydrogen) atoms. The number of rotatable bonds is 4. The van der Waals surface area contributed by atoms with Crippen molar-refractivity contribution in [2.45, 2.75) is 12.6 Å². The second kappa shape index (κ2) is 5.57. The Hall–Kier alpha value is -2.62. The van der Waals surface area contributed by atoms with Crippen LogP contribution in [-0.2, 0) is 11.4 Å². The summed E-state index contributed by atoms with van der Waals surface area (Å²) in [6.07, 6.45) is 1.44. The highest BCUT2D eigenvalue weighted by atomic mass is 16.5. The van der Waals surface area contributed by atoms with Crippen molar-refractivity contribution in [3.63, 3.8) is 0 Å². The fourth-order valence-corrected chi connectivity index (χ4v) is 2.05. The molecule has 1 amide bonds. The first-order chi connectivity index (χ1) is 9.83. The standard InChI is InChI=1S/C16H14N2O2/c19-16-15(17-11-18-16)13-6-8-14(9-7-13)20-10-12-4-2-1-3-5-12/h1-9,11,15H,10H2,(H,17,18,19). The van der Waals surface area contributed by atoms with Gasteiger partial charge in [0, 0.05) is 0 Å². The smallest absolute Gasteiger partial charge is 0.254 e. The summed E-state index contributed by atoms with van der Waals surface area (Å²) in [5.74, 6) is 0.683. The highest BCUT2D eigenvalue weighted by Gasteiger charge is 2.22. The normalized spacial score (nSPS) is 17.0. The lowest BCUT2D eigenvalue weighted by Crippen LogP contribution is -2.19. The van der Waals surface area contributed by atoms with Crippen LogP contribution in [0.2, 0.25) is 0 Å². The van der Waals surface area contributed by atoms with E-state index in [0.717, 1.165) is 16.9 Å². The quantitative estimate of drug-likeness (QED) is 0.924. The third-order valence-electron chi connectivity index (χ3n) is 3.12. The van der Waals surface area contributed by atoms with E-state index in [1.807, 2.05) is 54.6 Å². The molecule has 1 atom stereocenters. The molecule has 0 aliphatic carbocycles. The van der Waals surface area contributed by atoms with Gasteiger partial charge in [-0.1, -0.05) is 42.5 Å². The number of nitrogens with one attached hydrogen (secondary N) is 1. The number of nitrogens with zero attached hydrogens (tertiary/aromatic N) is 1. The van der Waals surface area contributed by atoms with Gasteiger partial charge in [0.1, 0.15) is 12.4 Å². The summed E-state index contributed by atoms with van der Waals surface area (Å²) in [4.78, 5) is 15.6. The number of amides is 1. The summed E-state index contributed by atoms with van der Waals surface area (Å²) < 4.78 is 5.70. The molecule has 0 aromatic heterocycles. The van der Waals surface area contributed by atoms with Crippen LogP contribution in [0, 0.1) is 0 Å². The first-order valence-electron chi connectivity index (χ1n) is 6.41. The van der Waals surface area contributed by atoms with Gasteiger partial charge >= 0.3 is 0 Å². The molecule has 4 nitrogen and oxygen atoms in total. The molecule has 100 valence electrons. The van der Waals surface area contributed by atoms with Crippen LogP contribution in [0.4, 0.5) is 0 Å². The molecule has 0 spiro atoms. The van der Waals surface area contributed by atoms with Gasteiger partial charge in [-0.2, -0.15) is 0 Å². The van der Waals surface area contributed by atoms with Gasteiger partial charge in [0.15, 0.2) is 6.04 Å². The number of hydrogen-bond donors (Lipinski definition) is 1. The lowest BCUT2D eigenvalue weighted by molar-refractivity contribution is -0.120. The summed E-state index contributed by atoms with van der Waals surface area (Å²) >= 11 is 0. The minimum atomic E-state index is -0.432. The van der Waals surface area contributed by atoms with E-state index in [9.17, 15) is 4.79 Å². The summed E-state index contributed by atoms with van der Waals surface area (Å²) in [7, 11) is 0. The highest BCUT2D eigenvalue weighted by molar-refractivity contribution is 5.97. The van der Waals surface area contributed by atoms with Gasteiger partial charge in [-0.15, -0.1) is 0 Å². The van der Waals surface area contributed by atoms with Crippen LogP contribution < -0.4 is 10.1 Å². The highest BCUT2D eigenvalue weighted by Crippen LogP contribution is 2.22. The molecule has 1 aliphatic heterocycles. The van der Waals surface area contributed by atoms with E-state index in [1.165, 1.54) is 6.34 Å². The third kappa shape index (κ3) is 2.69. The predicted octanol–water partition coefficient (Wildman–Crippen LogP) is 2.46. The fraction of sp³-hybridized carbons (Fsp3) is 0.125. The summed E-state index contributed by atoms with van der Waals surface area (Å²) in [6, 6.07) is 17.0. The first-order valence-corrected chi connectivity index (χ1v) is 6.41. The lowest BCUT2D eigenvalue weighted by atomic mass is 10.1. The van der Waals surface area contributed by atoms with Gasteiger partial charge in [-0.05, 0) is 23.3 Å². The zero-order chi connectivity index (χ0) is 13.8. The molecule has 0 fully saturated rings. The van der Waals surface area contributed by atoms with Crippen molar-refractivity contribution in [2.75, 3.05) is 0 Å². The molecule has 1 unspecified atom stereocenters. The minimum absolute atomic E-state index is 0.0945. The predicted molar refractivity (Wildman–Crippen MR) is 76.6 cm³/mol. The number of carbonyl (C=O) groups is 1. The molecule has 0 radical (unpaired) electrons. The van der Waals surface area contributed by atoms with Crippen LogP contribution in [0.25, 0.3) is 0 Å². The van der Waals surface area contributed by atoms with Gasteiger partial charge < -0.3 is 10.1 Å². The van der Waals surface area contributed by atoms with Crippen molar-refractivity contribution >= 4 is 12.2 Å². The van der Waals surface area contributed by atoms with E-state index in [2.05, 4.69) is 10.3 Å². The molecule has 1 heterocycles. The average Bonchev–Trinajstić information content (AvgIpc) is 2.93. The molecule has 0 saturated heterocycles. The number of ether oxygens (including phenoxy) is 1. The molecule has 4 heteroatoms. The van der Waals surface area contributed by atoms with Gasteiger partial charge in [0.05, 0.1) is 6.34 Å². The molecule has 0 saturated carbocycles. The van der Waals surface area contributed by atoms with Gasteiger partial charge in [0.2, 0.25) is 0 Å². The van der Waals surface area contributed by atoms with E-state index >= 15 is 0 Å². The molecule has 3 rings (SSSR count). The van der Waals surface area contributed by atoms with Crippen LogP contribution in [-0.4, -0.2) is 12.2 Å². The van der Waals surface area contributed by atoms with Crippen molar-refractivity contribution in [1.29, 1.82) is 0 Å². The number of benzene rings is 2. The number of aliphatic imine (C=N–C) groups is 1. The van der Waals surface area contributed by atoms with Gasteiger partial charge in [-0.25, -0.2) is 0 Å². The topological polar surface area (TPSA) is 50.7 Å². The monoisotopic (exact) mass is 266 g/mol. The van der Waals surface area contributed by atoms with Crippen LogP contribution in [0.5, 0.6) is 5.75 Å². The second-order valence-corrected chi connectivity index (χ2v) is 4.53. The number of hydrogen-bond acceptors (Lipinski definition) is 3. The maximum absolute atomic E-state index is 11.5. The van der Waals surface area contributed by atoms with Crippen molar-refractivity contribution in [3.05, 3.63) is 65.7 Å². The van der Waals surface area contributed by atoms with E-state index in [-0.39, 0.29) is 5.91 Å². The Bertz CT molecular complexity index is 621. The van der Waals surface area contributed by atoms with E-state index < -0.39 is 6.04 Å². The van der Waals surface area contributed by atoms with E-state index in [4.69, 9.17) is 4.74 Å². The van der Waals surface area contributed by atoms with Gasteiger partial charge in [0.25, 0.3) is 5.91 Å². The van der Waals surface area contributed by atoms with Crippen molar-refractivity contribution in [1.82, 2.24) is 5.32 Å². The first kappa shape index (κ1) is 12.4. The minimum Gasteiger partial charge on any atom is -0.489 e. The Labute approximate surface area is 117 Å². The van der Waals surface area contributed by atoms with Crippen molar-refractivity contribution in [2.24, 2.45) is 4.99 Å². The maximum atomic E-state index is 11.5. The molecule has 0 bridgehead atoms. The third-order valence-corrected chi connectivity index (χ3v) is 3.12. The second-order valence-electron chi connectivity index (χ2n) is 4.53. The Balaban J connectivity index is 1.64. The van der Waals surface area contributed by atoms with Gasteiger partial charge in [-0.3, -0.25) is 9.79 Å². The van der Waals surface area contributed by atoms with Crippen LogP contribution in [0.3, 0.4) is 0 Å². The Morgan fingerprint density at radius 2 is 1.80 bits per heavy atom.